The van der Waals surface area contributed by atoms with Crippen LogP contribution in [0.15, 0.2) is 34.1 Å². The Morgan fingerprint density at radius 3 is 2.73 bits per heavy atom. The number of benzene rings is 1. The highest BCUT2D eigenvalue weighted by atomic mass is 35.5. The van der Waals surface area contributed by atoms with Crippen LogP contribution >= 0.6 is 34.7 Å². The number of halogens is 1. The van der Waals surface area contributed by atoms with Gasteiger partial charge in [-0.15, -0.1) is 11.8 Å². The third-order valence-corrected chi connectivity index (χ3v) is 8.57. The number of H-pyrrole nitrogens is 1. The average Bonchev–Trinajstić information content (AvgIpc) is 3.19. The van der Waals surface area contributed by atoms with Gasteiger partial charge in [0.25, 0.3) is 0 Å². The van der Waals surface area contributed by atoms with E-state index in [1.54, 1.807) is 0 Å². The first-order chi connectivity index (χ1) is 10.7. The zero-order valence-electron chi connectivity index (χ0n) is 11.9. The van der Waals surface area contributed by atoms with Gasteiger partial charge in [0.05, 0.1) is 5.03 Å². The van der Waals surface area contributed by atoms with Crippen molar-refractivity contribution in [3.8, 4) is 0 Å². The lowest BCUT2D eigenvalue weighted by molar-refractivity contribution is 0.307. The second-order valence-corrected chi connectivity index (χ2v) is 9.37. The topological polar surface area (TPSA) is 32.9 Å². The fraction of sp³-hybridized carbons (Fsp3) is 0.471. The number of hydrogen-bond donors (Lipinski definition) is 1. The molecule has 0 saturated heterocycles. The molecule has 2 aliphatic carbocycles. The molecular formula is C17H16ClNOS2. The van der Waals surface area contributed by atoms with Crippen molar-refractivity contribution >= 4 is 34.7 Å². The summed E-state index contributed by atoms with van der Waals surface area (Å²) in [6.45, 7) is 0. The van der Waals surface area contributed by atoms with Crippen molar-refractivity contribution in [2.75, 3.05) is 0 Å². The number of fused-ring (bicyclic) bond motifs is 6. The van der Waals surface area contributed by atoms with Crippen LogP contribution in [0.1, 0.15) is 35.6 Å². The van der Waals surface area contributed by atoms with Crippen LogP contribution < -0.4 is 4.87 Å². The first-order valence-electron chi connectivity index (χ1n) is 7.86. The van der Waals surface area contributed by atoms with E-state index in [2.05, 4.69) is 17.1 Å². The predicted octanol–water partition coefficient (Wildman–Crippen LogP) is 4.74. The summed E-state index contributed by atoms with van der Waals surface area (Å²) in [6, 6.07) is 8.27. The van der Waals surface area contributed by atoms with Gasteiger partial charge in [-0.3, -0.25) is 4.79 Å². The summed E-state index contributed by atoms with van der Waals surface area (Å²) in [6.07, 6.45) is 4.12. The Morgan fingerprint density at radius 2 is 1.91 bits per heavy atom. The van der Waals surface area contributed by atoms with Gasteiger partial charge in [0.15, 0.2) is 0 Å². The summed E-state index contributed by atoms with van der Waals surface area (Å²) in [7, 11) is 0. The smallest absolute Gasteiger partial charge is 0.305 e. The standard InChI is InChI=1S/C17H16ClNOS2/c18-11-5-3-8(4-6-11)12-13-9-1-2-10(7-9)14(13)21-16-15(12)22-17(20)19-16/h3-6,9-10,12-14H,1-2,7H2,(H,19,20)/t9-,10-,12+,13-,14+/m1/s1. The second-order valence-electron chi connectivity index (χ2n) is 6.73. The Hall–Kier alpha value is -0.710. The van der Waals surface area contributed by atoms with Gasteiger partial charge in [-0.05, 0) is 54.7 Å². The minimum absolute atomic E-state index is 0.0868. The van der Waals surface area contributed by atoms with Crippen LogP contribution in [0.3, 0.4) is 0 Å². The fourth-order valence-electron chi connectivity index (χ4n) is 4.89. The highest BCUT2D eigenvalue weighted by Gasteiger charge is 2.54. The van der Waals surface area contributed by atoms with Gasteiger partial charge in [-0.2, -0.15) is 0 Å². The van der Waals surface area contributed by atoms with E-state index >= 15 is 0 Å². The van der Waals surface area contributed by atoms with Crippen molar-refractivity contribution in [1.82, 2.24) is 4.98 Å². The molecule has 0 amide bonds. The quantitative estimate of drug-likeness (QED) is 0.806. The van der Waals surface area contributed by atoms with Crippen molar-refractivity contribution in [3.63, 3.8) is 0 Å². The summed E-state index contributed by atoms with van der Waals surface area (Å²) >= 11 is 9.42. The monoisotopic (exact) mass is 349 g/mol. The Balaban J connectivity index is 1.68. The lowest BCUT2D eigenvalue weighted by atomic mass is 9.75. The summed E-state index contributed by atoms with van der Waals surface area (Å²) in [5, 5.41) is 2.59. The average molecular weight is 350 g/mol. The van der Waals surface area contributed by atoms with Gasteiger partial charge in [-0.1, -0.05) is 35.1 Å². The number of nitrogens with one attached hydrogen (secondary N) is 1. The van der Waals surface area contributed by atoms with Crippen molar-refractivity contribution in [2.45, 2.75) is 35.5 Å². The number of aromatic nitrogens is 1. The highest BCUT2D eigenvalue weighted by molar-refractivity contribution is 8.00. The molecule has 2 fully saturated rings. The molecule has 5 heteroatoms. The van der Waals surface area contributed by atoms with Crippen LogP contribution in [0.4, 0.5) is 0 Å². The maximum absolute atomic E-state index is 11.9. The number of aromatic amines is 1. The molecular weight excluding hydrogens is 334 g/mol. The van der Waals surface area contributed by atoms with Crippen LogP contribution in [0.25, 0.3) is 0 Å². The van der Waals surface area contributed by atoms with E-state index in [0.29, 0.717) is 17.1 Å². The maximum Gasteiger partial charge on any atom is 0.305 e. The lowest BCUT2D eigenvalue weighted by Gasteiger charge is -2.40. The Morgan fingerprint density at radius 1 is 1.14 bits per heavy atom. The van der Waals surface area contributed by atoms with Gasteiger partial charge in [0.1, 0.15) is 0 Å². The second kappa shape index (κ2) is 4.89. The van der Waals surface area contributed by atoms with E-state index in [1.165, 1.54) is 41.0 Å². The molecule has 0 unspecified atom stereocenters. The zero-order chi connectivity index (χ0) is 14.8. The van der Waals surface area contributed by atoms with Gasteiger partial charge in [0, 0.05) is 21.1 Å². The molecule has 5 rings (SSSR count). The molecule has 22 heavy (non-hydrogen) atoms. The van der Waals surface area contributed by atoms with Crippen molar-refractivity contribution in [2.24, 2.45) is 17.8 Å². The molecule has 5 atom stereocenters. The Labute approximate surface area is 142 Å². The first kappa shape index (κ1) is 13.7. The predicted molar refractivity (Wildman–Crippen MR) is 92.2 cm³/mol. The molecule has 1 N–H and O–H groups in total. The molecule has 114 valence electrons. The number of hydrogen-bond acceptors (Lipinski definition) is 3. The van der Waals surface area contributed by atoms with Crippen molar-refractivity contribution < 1.29 is 0 Å². The molecule has 2 heterocycles. The summed E-state index contributed by atoms with van der Waals surface area (Å²) in [4.78, 5) is 16.3. The van der Waals surface area contributed by atoms with E-state index in [9.17, 15) is 4.79 Å². The molecule has 1 aromatic carbocycles. The van der Waals surface area contributed by atoms with Crippen molar-refractivity contribution in [1.29, 1.82) is 0 Å². The highest BCUT2D eigenvalue weighted by Crippen LogP contribution is 2.63. The van der Waals surface area contributed by atoms with E-state index in [0.717, 1.165) is 21.9 Å². The lowest BCUT2D eigenvalue weighted by Crippen LogP contribution is -2.33. The van der Waals surface area contributed by atoms with Crippen LogP contribution in [0.5, 0.6) is 0 Å². The number of thioether (sulfide) groups is 1. The Kier molecular flexibility index (Phi) is 3.05. The Bertz CT molecular complexity index is 781. The van der Waals surface area contributed by atoms with Gasteiger partial charge in [-0.25, -0.2) is 0 Å². The van der Waals surface area contributed by atoms with Crippen molar-refractivity contribution in [3.05, 3.63) is 49.4 Å². The third-order valence-electron chi connectivity index (χ3n) is 5.69. The van der Waals surface area contributed by atoms with Crippen LogP contribution in [0, 0.1) is 17.8 Å². The fourth-order valence-corrected chi connectivity index (χ4v) is 7.91. The molecule has 2 saturated carbocycles. The molecule has 0 spiro atoms. The molecule has 2 bridgehead atoms. The normalized spacial score (nSPS) is 35.4. The van der Waals surface area contributed by atoms with E-state index in [4.69, 9.17) is 11.6 Å². The van der Waals surface area contributed by atoms with Gasteiger partial charge < -0.3 is 4.98 Å². The van der Waals surface area contributed by atoms with Crippen LogP contribution in [-0.2, 0) is 0 Å². The molecule has 3 aliphatic rings. The minimum atomic E-state index is 0.0868. The summed E-state index contributed by atoms with van der Waals surface area (Å²) in [5.41, 5.74) is 1.32. The molecule has 2 aromatic rings. The third kappa shape index (κ3) is 1.90. The van der Waals surface area contributed by atoms with E-state index in [1.807, 2.05) is 23.9 Å². The molecule has 1 aromatic heterocycles. The zero-order valence-corrected chi connectivity index (χ0v) is 14.3. The number of thiazole rings is 1. The van der Waals surface area contributed by atoms with Crippen LogP contribution in [-0.4, -0.2) is 10.2 Å². The molecule has 1 aliphatic heterocycles. The summed E-state index contributed by atoms with van der Waals surface area (Å²) < 4.78 is 0. The van der Waals surface area contributed by atoms with Gasteiger partial charge in [0.2, 0.25) is 0 Å². The minimum Gasteiger partial charge on any atom is -0.307 e. The van der Waals surface area contributed by atoms with E-state index < -0.39 is 0 Å². The largest absolute Gasteiger partial charge is 0.307 e. The van der Waals surface area contributed by atoms with Crippen LogP contribution in [0.2, 0.25) is 5.02 Å². The molecule has 2 nitrogen and oxygen atoms in total. The number of rotatable bonds is 1. The first-order valence-corrected chi connectivity index (χ1v) is 9.93. The maximum atomic E-state index is 11.9. The van der Waals surface area contributed by atoms with E-state index in [-0.39, 0.29) is 4.87 Å². The SMILES string of the molecule is O=c1[nH]c2c(s1)[C@@H](c1ccc(Cl)cc1)[C@H]1[C@@H]3CC[C@H](C3)[C@@H]1S2. The summed E-state index contributed by atoms with van der Waals surface area (Å²) in [5.74, 6) is 2.72. The molecule has 0 radical (unpaired) electrons. The van der Waals surface area contributed by atoms with Gasteiger partial charge >= 0.3 is 4.87 Å².